The Bertz CT molecular complexity index is 282. The van der Waals surface area contributed by atoms with E-state index in [1.165, 1.54) is 12.8 Å². The van der Waals surface area contributed by atoms with Crippen LogP contribution in [0.3, 0.4) is 0 Å². The summed E-state index contributed by atoms with van der Waals surface area (Å²) in [4.78, 5) is 13.8. The van der Waals surface area contributed by atoms with E-state index < -0.39 is 5.97 Å². The van der Waals surface area contributed by atoms with Gasteiger partial charge in [0.2, 0.25) is 0 Å². The largest absolute Gasteiger partial charge is 0.481 e. The predicted molar refractivity (Wildman–Crippen MR) is 74.7 cm³/mol. The molecular weight excluding hydrogens is 227 g/mol. The monoisotopic (exact) mass is 252 g/mol. The van der Waals surface area contributed by atoms with E-state index in [2.05, 4.69) is 18.1 Å². The molecule has 2 aliphatic rings. The van der Waals surface area contributed by atoms with Crippen molar-refractivity contribution in [3.63, 3.8) is 0 Å². The van der Waals surface area contributed by atoms with Gasteiger partial charge in [0.05, 0.1) is 5.92 Å². The Kier molecular flexibility index (Phi) is 5.07. The number of carbonyl (C=O) groups is 1. The molecule has 2 rings (SSSR count). The molecule has 0 unspecified atom stereocenters. The summed E-state index contributed by atoms with van der Waals surface area (Å²) >= 11 is 0. The maximum Gasteiger partial charge on any atom is 0.308 e. The van der Waals surface area contributed by atoms with Gasteiger partial charge in [-0.15, -0.1) is 0 Å². The minimum absolute atomic E-state index is 0.133. The van der Waals surface area contributed by atoms with Gasteiger partial charge in [-0.3, -0.25) is 9.69 Å². The maximum atomic E-state index is 11.4. The van der Waals surface area contributed by atoms with Crippen LogP contribution in [-0.4, -0.2) is 56.0 Å². The fraction of sp³-hybridized carbons (Fsp3) is 0.923. The second-order valence-electron chi connectivity index (χ2n) is 5.78. The summed E-state index contributed by atoms with van der Waals surface area (Å²) in [5.74, 6) is -0.351. The van der Waals surface area contributed by atoms with E-state index in [0.717, 1.165) is 45.3 Å². The molecule has 0 saturated carbocycles. The normalized spacial score (nSPS) is 30.7. The van der Waals surface area contributed by atoms with Crippen LogP contribution in [0.15, 0.2) is 0 Å². The van der Waals surface area contributed by atoms with E-state index in [4.69, 9.17) is 0 Å². The van der Waals surface area contributed by atoms with Crippen molar-refractivity contribution in [3.8, 4) is 0 Å². The predicted octanol–water partition coefficient (Wildman–Crippen LogP) is 0.203. The molecule has 0 aromatic carbocycles. The first kappa shape index (κ1) is 13.9. The zero-order valence-corrected chi connectivity index (χ0v) is 11.4. The second kappa shape index (κ2) is 6.57. The molecule has 0 radical (unpaired) electrons. The molecule has 2 fully saturated rings. The Labute approximate surface area is 111 Å². The molecule has 102 valence electrons. The van der Waals surface area contributed by atoms with Crippen molar-refractivity contribution in [1.82, 2.24) is 10.2 Å². The number of hydrogen-bond donors (Lipinski definition) is 2. The van der Waals surface area contributed by atoms with Crippen LogP contribution in [0.2, 0.25) is 6.32 Å². The number of likely N-dealkylation sites (tertiary alicyclic amines) is 1. The number of hydrogen-bond acceptors (Lipinski definition) is 3. The highest BCUT2D eigenvalue weighted by atomic mass is 16.4. The van der Waals surface area contributed by atoms with Gasteiger partial charge < -0.3 is 10.4 Å². The summed E-state index contributed by atoms with van der Waals surface area (Å²) in [6, 6.07) is 0.611. The van der Waals surface area contributed by atoms with E-state index in [-0.39, 0.29) is 5.92 Å². The highest BCUT2D eigenvalue weighted by Crippen LogP contribution is 2.31. The molecule has 2 heterocycles. The summed E-state index contributed by atoms with van der Waals surface area (Å²) in [6.45, 7) is 3.94. The van der Waals surface area contributed by atoms with Crippen molar-refractivity contribution in [2.45, 2.75) is 38.0 Å². The van der Waals surface area contributed by atoms with E-state index in [0.29, 0.717) is 12.0 Å². The van der Waals surface area contributed by atoms with Crippen molar-refractivity contribution < 1.29 is 9.90 Å². The Morgan fingerprint density at radius 3 is 2.67 bits per heavy atom. The minimum Gasteiger partial charge on any atom is -0.481 e. The first-order chi connectivity index (χ1) is 8.72. The molecule has 2 aliphatic heterocycles. The van der Waals surface area contributed by atoms with Crippen LogP contribution in [0, 0.1) is 11.8 Å². The maximum absolute atomic E-state index is 11.4. The molecule has 0 aliphatic carbocycles. The average Bonchev–Trinajstić information content (AvgIpc) is 2.81. The Morgan fingerprint density at radius 2 is 2.06 bits per heavy atom. The van der Waals surface area contributed by atoms with Gasteiger partial charge in [-0.2, -0.15) is 0 Å². The molecule has 2 saturated heterocycles. The zero-order chi connectivity index (χ0) is 13.0. The fourth-order valence-electron chi connectivity index (χ4n) is 3.41. The van der Waals surface area contributed by atoms with Crippen LogP contribution in [0.1, 0.15) is 25.7 Å². The van der Waals surface area contributed by atoms with Crippen molar-refractivity contribution in [2.24, 2.45) is 11.8 Å². The van der Waals surface area contributed by atoms with Crippen LogP contribution >= 0.6 is 0 Å². The van der Waals surface area contributed by atoms with Crippen LogP contribution in [-0.2, 0) is 4.79 Å². The van der Waals surface area contributed by atoms with Gasteiger partial charge in [-0.1, -0.05) is 12.7 Å². The highest BCUT2D eigenvalue weighted by molar-refractivity contribution is 6.08. The van der Waals surface area contributed by atoms with Gasteiger partial charge >= 0.3 is 5.97 Å². The van der Waals surface area contributed by atoms with Crippen molar-refractivity contribution >= 4 is 13.8 Å². The van der Waals surface area contributed by atoms with E-state index in [1.807, 2.05) is 0 Å². The topological polar surface area (TPSA) is 52.6 Å². The molecule has 18 heavy (non-hydrogen) atoms. The molecule has 5 heteroatoms. The van der Waals surface area contributed by atoms with Crippen LogP contribution < -0.4 is 5.32 Å². The summed E-state index contributed by atoms with van der Waals surface area (Å²) in [6.07, 6.45) is 5.75. The fourth-order valence-corrected chi connectivity index (χ4v) is 3.41. The van der Waals surface area contributed by atoms with Gasteiger partial charge in [-0.25, -0.2) is 0 Å². The minimum atomic E-state index is -0.590. The molecule has 4 nitrogen and oxygen atoms in total. The number of nitrogens with one attached hydrogen (secondary N) is 1. The molecule has 0 spiro atoms. The van der Waals surface area contributed by atoms with E-state index in [1.54, 1.807) is 0 Å². The lowest BCUT2D eigenvalue weighted by atomic mass is 9.88. The van der Waals surface area contributed by atoms with Crippen molar-refractivity contribution in [1.29, 1.82) is 0 Å². The first-order valence-corrected chi connectivity index (χ1v) is 7.40. The van der Waals surface area contributed by atoms with Crippen LogP contribution in [0.4, 0.5) is 0 Å². The summed E-state index contributed by atoms with van der Waals surface area (Å²) in [5, 5.41) is 12.7. The van der Waals surface area contributed by atoms with E-state index >= 15 is 0 Å². The number of carboxylic acids is 1. The third-order valence-corrected chi connectivity index (χ3v) is 4.54. The number of aliphatic carboxylic acids is 1. The average molecular weight is 252 g/mol. The van der Waals surface area contributed by atoms with Crippen molar-refractivity contribution in [2.75, 3.05) is 26.2 Å². The smallest absolute Gasteiger partial charge is 0.308 e. The molecule has 2 N–H and O–H groups in total. The highest BCUT2D eigenvalue weighted by Gasteiger charge is 2.39. The Balaban J connectivity index is 1.92. The molecular formula is C13H25BN2O2. The van der Waals surface area contributed by atoms with Crippen molar-refractivity contribution in [3.05, 3.63) is 0 Å². The lowest BCUT2D eigenvalue weighted by molar-refractivity contribution is -0.142. The third-order valence-electron chi connectivity index (χ3n) is 4.54. The Hall–Kier alpha value is -0.545. The lowest BCUT2D eigenvalue weighted by Gasteiger charge is -2.31. The number of nitrogens with zero attached hydrogens (tertiary/aromatic N) is 1. The summed E-state index contributed by atoms with van der Waals surface area (Å²) in [7, 11) is 2.18. The molecule has 2 atom stereocenters. The SMILES string of the molecule is BCCC[C@H]1CN(C2CCNCC2)C[C@H]1C(=O)O. The number of carboxylic acid groups (broad SMARTS) is 1. The second-order valence-corrected chi connectivity index (χ2v) is 5.78. The molecule has 0 amide bonds. The quantitative estimate of drug-likeness (QED) is 0.686. The van der Waals surface area contributed by atoms with Gasteiger partial charge in [0.25, 0.3) is 0 Å². The zero-order valence-electron chi connectivity index (χ0n) is 11.4. The van der Waals surface area contributed by atoms with Gasteiger partial charge in [0, 0.05) is 19.1 Å². The summed E-state index contributed by atoms with van der Waals surface area (Å²) < 4.78 is 0. The number of piperidine rings is 1. The lowest BCUT2D eigenvalue weighted by Crippen LogP contribution is -2.42. The van der Waals surface area contributed by atoms with Gasteiger partial charge in [0.1, 0.15) is 7.85 Å². The molecule has 0 aromatic rings. The standard InChI is InChI=1S/C13H25BN2O2/c14-5-1-2-10-8-16(9-12(10)13(17)18)11-3-6-15-7-4-11/h10-12,15H,1-9,14H2,(H,17,18)/t10-,12+/m0/s1. The molecule has 0 bridgehead atoms. The Morgan fingerprint density at radius 1 is 1.33 bits per heavy atom. The van der Waals surface area contributed by atoms with Crippen LogP contribution in [0.25, 0.3) is 0 Å². The molecule has 0 aromatic heterocycles. The first-order valence-electron chi connectivity index (χ1n) is 7.40. The van der Waals surface area contributed by atoms with E-state index in [9.17, 15) is 9.90 Å². The number of rotatable bonds is 5. The van der Waals surface area contributed by atoms with Gasteiger partial charge in [0.15, 0.2) is 0 Å². The van der Waals surface area contributed by atoms with Gasteiger partial charge in [-0.05, 0) is 38.3 Å². The summed E-state index contributed by atoms with van der Waals surface area (Å²) in [5.41, 5.74) is 0. The third kappa shape index (κ3) is 3.26. The van der Waals surface area contributed by atoms with Crippen LogP contribution in [0.5, 0.6) is 0 Å².